The third kappa shape index (κ3) is 4.95. The van der Waals surface area contributed by atoms with Gasteiger partial charge in [0.1, 0.15) is 0 Å². The summed E-state index contributed by atoms with van der Waals surface area (Å²) in [5, 5.41) is 0.0163. The third-order valence-electron chi connectivity index (χ3n) is 2.32. The summed E-state index contributed by atoms with van der Waals surface area (Å²) in [6.45, 7) is 2.33. The molecular weight excluding hydrogens is 326 g/mol. The number of benzene rings is 1. The van der Waals surface area contributed by atoms with Crippen molar-refractivity contribution in [1.29, 1.82) is 0 Å². The molecule has 0 saturated heterocycles. The van der Waals surface area contributed by atoms with Crippen molar-refractivity contribution in [3.63, 3.8) is 0 Å². The first-order valence-electron chi connectivity index (χ1n) is 5.35. The Hall–Kier alpha value is -0.100. The number of rotatable bonds is 6. The van der Waals surface area contributed by atoms with E-state index < -0.39 is 10.0 Å². The van der Waals surface area contributed by atoms with Crippen molar-refractivity contribution < 1.29 is 8.42 Å². The van der Waals surface area contributed by atoms with Gasteiger partial charge in [-0.25, -0.2) is 13.1 Å². The summed E-state index contributed by atoms with van der Waals surface area (Å²) >= 11 is 9.18. The van der Waals surface area contributed by atoms with E-state index >= 15 is 0 Å². The second-order valence-electron chi connectivity index (χ2n) is 3.65. The van der Waals surface area contributed by atoms with E-state index in [-0.39, 0.29) is 10.3 Å². The van der Waals surface area contributed by atoms with Crippen LogP contribution in [0.3, 0.4) is 0 Å². The Bertz CT molecular complexity index is 447. The standard InChI is InChI=1S/C11H15BrClNO2S/c1-2-10(13)7-8-14-17(15,16)11-5-3-9(12)4-6-11/h3-6,10,14H,2,7-8H2,1H3. The number of hydrogen-bond acceptors (Lipinski definition) is 2. The lowest BCUT2D eigenvalue weighted by Gasteiger charge is -2.09. The quantitative estimate of drug-likeness (QED) is 0.809. The first kappa shape index (κ1) is 15.0. The van der Waals surface area contributed by atoms with Crippen molar-refractivity contribution in [2.24, 2.45) is 0 Å². The van der Waals surface area contributed by atoms with Crippen molar-refractivity contribution in [3.05, 3.63) is 28.7 Å². The summed E-state index contributed by atoms with van der Waals surface area (Å²) < 4.78 is 27.1. The second-order valence-corrected chi connectivity index (χ2v) is 6.95. The molecule has 0 aliphatic carbocycles. The van der Waals surface area contributed by atoms with E-state index in [0.717, 1.165) is 10.9 Å². The van der Waals surface area contributed by atoms with Crippen molar-refractivity contribution >= 4 is 37.6 Å². The molecule has 1 N–H and O–H groups in total. The lowest BCUT2D eigenvalue weighted by molar-refractivity contribution is 0.576. The molecule has 6 heteroatoms. The van der Waals surface area contributed by atoms with E-state index in [0.29, 0.717) is 13.0 Å². The normalized spacial score (nSPS) is 13.6. The zero-order valence-electron chi connectivity index (χ0n) is 9.49. The highest BCUT2D eigenvalue weighted by Crippen LogP contribution is 2.14. The molecule has 0 radical (unpaired) electrons. The highest BCUT2D eigenvalue weighted by molar-refractivity contribution is 9.10. The molecule has 0 fully saturated rings. The Morgan fingerprint density at radius 3 is 2.47 bits per heavy atom. The first-order chi connectivity index (χ1) is 7.95. The summed E-state index contributed by atoms with van der Waals surface area (Å²) in [5.74, 6) is 0. The average molecular weight is 341 g/mol. The minimum absolute atomic E-state index is 0.0163. The van der Waals surface area contributed by atoms with E-state index in [1.807, 2.05) is 6.92 Å². The van der Waals surface area contributed by atoms with Crippen LogP contribution in [0.25, 0.3) is 0 Å². The van der Waals surface area contributed by atoms with Crippen molar-refractivity contribution in [2.45, 2.75) is 30.0 Å². The molecule has 17 heavy (non-hydrogen) atoms. The van der Waals surface area contributed by atoms with Crippen LogP contribution in [0, 0.1) is 0 Å². The molecule has 1 aromatic carbocycles. The van der Waals surface area contributed by atoms with Gasteiger partial charge >= 0.3 is 0 Å². The van der Waals surface area contributed by atoms with Crippen LogP contribution in [0.15, 0.2) is 33.6 Å². The van der Waals surface area contributed by atoms with Gasteiger partial charge in [0, 0.05) is 16.4 Å². The monoisotopic (exact) mass is 339 g/mol. The molecular formula is C11H15BrClNO2S. The fourth-order valence-corrected chi connectivity index (χ4v) is 2.67. The van der Waals surface area contributed by atoms with Gasteiger partial charge in [-0.05, 0) is 37.1 Å². The van der Waals surface area contributed by atoms with E-state index in [1.165, 1.54) is 0 Å². The minimum atomic E-state index is -3.41. The number of hydrogen-bond donors (Lipinski definition) is 1. The fourth-order valence-electron chi connectivity index (χ4n) is 1.25. The lowest BCUT2D eigenvalue weighted by Crippen LogP contribution is -2.26. The molecule has 0 aliphatic heterocycles. The van der Waals surface area contributed by atoms with Crippen LogP contribution < -0.4 is 4.72 Å². The SMILES string of the molecule is CCC(Cl)CCNS(=O)(=O)c1ccc(Br)cc1. The summed E-state index contributed by atoms with van der Waals surface area (Å²) in [4.78, 5) is 0.267. The van der Waals surface area contributed by atoms with Gasteiger partial charge in [0.2, 0.25) is 10.0 Å². The van der Waals surface area contributed by atoms with Crippen molar-refractivity contribution in [3.8, 4) is 0 Å². The largest absolute Gasteiger partial charge is 0.240 e. The third-order valence-corrected chi connectivity index (χ3v) is 4.85. The number of halogens is 2. The molecule has 0 aliphatic rings. The second kappa shape index (κ2) is 6.73. The Morgan fingerprint density at radius 1 is 1.35 bits per heavy atom. The molecule has 1 aromatic rings. The van der Waals surface area contributed by atoms with E-state index in [9.17, 15) is 8.42 Å². The van der Waals surface area contributed by atoms with Gasteiger partial charge in [-0.3, -0.25) is 0 Å². The van der Waals surface area contributed by atoms with Gasteiger partial charge in [-0.2, -0.15) is 0 Å². The van der Waals surface area contributed by atoms with Gasteiger partial charge < -0.3 is 0 Å². The predicted molar refractivity (Wildman–Crippen MR) is 73.9 cm³/mol. The molecule has 0 amide bonds. The molecule has 0 aromatic heterocycles. The van der Waals surface area contributed by atoms with E-state index in [4.69, 9.17) is 11.6 Å². The maximum absolute atomic E-state index is 11.8. The van der Waals surface area contributed by atoms with Crippen LogP contribution in [0.4, 0.5) is 0 Å². The van der Waals surface area contributed by atoms with Crippen LogP contribution >= 0.6 is 27.5 Å². The smallest absolute Gasteiger partial charge is 0.211 e. The summed E-state index contributed by atoms with van der Waals surface area (Å²) in [7, 11) is -3.41. The number of nitrogens with one attached hydrogen (secondary N) is 1. The van der Waals surface area contributed by atoms with Gasteiger partial charge in [-0.1, -0.05) is 22.9 Å². The molecule has 96 valence electrons. The molecule has 0 heterocycles. The molecule has 1 rings (SSSR count). The number of alkyl halides is 1. The zero-order valence-corrected chi connectivity index (χ0v) is 12.6. The maximum atomic E-state index is 11.8. The molecule has 3 nitrogen and oxygen atoms in total. The lowest BCUT2D eigenvalue weighted by atomic mass is 10.2. The van der Waals surface area contributed by atoms with Gasteiger partial charge in [0.15, 0.2) is 0 Å². The number of sulfonamides is 1. The molecule has 0 bridgehead atoms. The van der Waals surface area contributed by atoms with Crippen LogP contribution in [0.2, 0.25) is 0 Å². The van der Waals surface area contributed by atoms with Crippen LogP contribution in [-0.4, -0.2) is 20.3 Å². The predicted octanol–water partition coefficient (Wildman–Crippen LogP) is 3.13. The van der Waals surface area contributed by atoms with Crippen LogP contribution in [0.1, 0.15) is 19.8 Å². The van der Waals surface area contributed by atoms with Crippen LogP contribution in [0.5, 0.6) is 0 Å². The Morgan fingerprint density at radius 2 is 1.94 bits per heavy atom. The Balaban J connectivity index is 2.60. The minimum Gasteiger partial charge on any atom is -0.211 e. The highest BCUT2D eigenvalue weighted by atomic mass is 79.9. The van der Waals surface area contributed by atoms with Gasteiger partial charge in [-0.15, -0.1) is 11.6 Å². The van der Waals surface area contributed by atoms with Crippen molar-refractivity contribution in [1.82, 2.24) is 4.72 Å². The summed E-state index contributed by atoms with van der Waals surface area (Å²) in [6, 6.07) is 6.52. The molecule has 0 saturated carbocycles. The Labute approximate surface area is 116 Å². The fraction of sp³-hybridized carbons (Fsp3) is 0.455. The Kier molecular flexibility index (Phi) is 5.92. The first-order valence-corrected chi connectivity index (χ1v) is 8.06. The topological polar surface area (TPSA) is 46.2 Å². The van der Waals surface area contributed by atoms with Gasteiger partial charge in [0.25, 0.3) is 0 Å². The highest BCUT2D eigenvalue weighted by Gasteiger charge is 2.13. The van der Waals surface area contributed by atoms with Crippen LogP contribution in [-0.2, 0) is 10.0 Å². The van der Waals surface area contributed by atoms with Crippen molar-refractivity contribution in [2.75, 3.05) is 6.54 Å². The van der Waals surface area contributed by atoms with E-state index in [1.54, 1.807) is 24.3 Å². The molecule has 1 unspecified atom stereocenters. The molecule has 0 spiro atoms. The summed E-state index contributed by atoms with van der Waals surface area (Å²) in [6.07, 6.45) is 1.47. The average Bonchev–Trinajstić information content (AvgIpc) is 2.29. The zero-order chi connectivity index (χ0) is 12.9. The van der Waals surface area contributed by atoms with E-state index in [2.05, 4.69) is 20.7 Å². The maximum Gasteiger partial charge on any atom is 0.240 e. The summed E-state index contributed by atoms with van der Waals surface area (Å²) in [5.41, 5.74) is 0. The molecule has 1 atom stereocenters. The van der Waals surface area contributed by atoms with Gasteiger partial charge in [0.05, 0.1) is 4.90 Å².